The average molecular weight is 323 g/mol. The van der Waals surface area contributed by atoms with E-state index >= 15 is 0 Å². The van der Waals surface area contributed by atoms with E-state index in [1.54, 1.807) is 24.3 Å². The summed E-state index contributed by atoms with van der Waals surface area (Å²) in [5.41, 5.74) is 0.644. The number of benzene rings is 1. The third-order valence-electron chi connectivity index (χ3n) is 3.49. The van der Waals surface area contributed by atoms with E-state index < -0.39 is 5.97 Å². The van der Waals surface area contributed by atoms with Crippen molar-refractivity contribution >= 4 is 23.6 Å². The first-order chi connectivity index (χ1) is 10.7. The molecule has 0 bridgehead atoms. The van der Waals surface area contributed by atoms with Gasteiger partial charge >= 0.3 is 5.97 Å². The molecule has 0 spiro atoms. The summed E-state index contributed by atoms with van der Waals surface area (Å²) < 4.78 is 10.0. The molecule has 5 nitrogen and oxygen atoms in total. The Labute approximate surface area is 134 Å². The minimum absolute atomic E-state index is 0.242. The number of thioether (sulfide) groups is 1. The molecule has 1 saturated heterocycles. The monoisotopic (exact) mass is 323 g/mol. The minimum Gasteiger partial charge on any atom is -0.465 e. The lowest BCUT2D eigenvalue weighted by Gasteiger charge is -2.21. The highest BCUT2D eigenvalue weighted by Gasteiger charge is 2.17. The largest absolute Gasteiger partial charge is 0.465 e. The van der Waals surface area contributed by atoms with Crippen LogP contribution >= 0.6 is 11.8 Å². The SMILES string of the molecule is COC(=O)c1ccccc1C(=O)NCCSC1CCOCC1. The molecule has 1 aliphatic heterocycles. The molecule has 1 aromatic rings. The highest BCUT2D eigenvalue weighted by atomic mass is 32.2. The number of ether oxygens (including phenoxy) is 2. The summed E-state index contributed by atoms with van der Waals surface area (Å²) in [6.45, 7) is 2.24. The van der Waals surface area contributed by atoms with Gasteiger partial charge in [0.05, 0.1) is 18.2 Å². The predicted octanol–water partition coefficient (Wildman–Crippen LogP) is 2.12. The van der Waals surface area contributed by atoms with Gasteiger partial charge in [-0.1, -0.05) is 12.1 Å². The Balaban J connectivity index is 1.81. The lowest BCUT2D eigenvalue weighted by atomic mass is 10.1. The van der Waals surface area contributed by atoms with Crippen molar-refractivity contribution in [2.45, 2.75) is 18.1 Å². The Hall–Kier alpha value is -1.53. The third-order valence-corrected chi connectivity index (χ3v) is 4.87. The van der Waals surface area contributed by atoms with Gasteiger partial charge in [-0.2, -0.15) is 11.8 Å². The van der Waals surface area contributed by atoms with Crippen molar-refractivity contribution in [3.63, 3.8) is 0 Å². The van der Waals surface area contributed by atoms with Crippen molar-refractivity contribution < 1.29 is 19.1 Å². The maximum Gasteiger partial charge on any atom is 0.338 e. The zero-order valence-corrected chi connectivity index (χ0v) is 13.5. The summed E-state index contributed by atoms with van der Waals surface area (Å²) in [7, 11) is 1.31. The van der Waals surface area contributed by atoms with Crippen LogP contribution in [0.3, 0.4) is 0 Å². The molecule has 1 heterocycles. The molecule has 2 rings (SSSR count). The van der Waals surface area contributed by atoms with Crippen LogP contribution in [0.1, 0.15) is 33.6 Å². The number of carbonyl (C=O) groups excluding carboxylic acids is 2. The first-order valence-electron chi connectivity index (χ1n) is 7.37. The minimum atomic E-state index is -0.498. The quantitative estimate of drug-likeness (QED) is 0.642. The molecule has 1 amide bonds. The Morgan fingerprint density at radius 3 is 2.64 bits per heavy atom. The van der Waals surface area contributed by atoms with E-state index in [0.717, 1.165) is 31.8 Å². The molecule has 0 aromatic heterocycles. The standard InChI is InChI=1S/C16H21NO4S/c1-20-16(19)14-5-3-2-4-13(14)15(18)17-8-11-22-12-6-9-21-10-7-12/h2-5,12H,6-11H2,1H3,(H,17,18). The van der Waals surface area contributed by atoms with Gasteiger partial charge in [-0.15, -0.1) is 0 Å². The molecule has 22 heavy (non-hydrogen) atoms. The highest BCUT2D eigenvalue weighted by molar-refractivity contribution is 7.99. The predicted molar refractivity (Wildman–Crippen MR) is 86.4 cm³/mol. The van der Waals surface area contributed by atoms with Crippen molar-refractivity contribution in [1.29, 1.82) is 0 Å². The molecule has 1 aliphatic rings. The molecular weight excluding hydrogens is 302 g/mol. The number of hydrogen-bond acceptors (Lipinski definition) is 5. The molecule has 0 atom stereocenters. The van der Waals surface area contributed by atoms with Gasteiger partial charge in [-0.05, 0) is 25.0 Å². The number of hydrogen-bond donors (Lipinski definition) is 1. The lowest BCUT2D eigenvalue weighted by molar-refractivity contribution is 0.0596. The Kier molecular flexibility index (Phi) is 6.74. The van der Waals surface area contributed by atoms with Crippen LogP contribution in [0.4, 0.5) is 0 Å². The maximum atomic E-state index is 12.2. The van der Waals surface area contributed by atoms with E-state index in [0.29, 0.717) is 22.9 Å². The zero-order valence-electron chi connectivity index (χ0n) is 12.7. The van der Waals surface area contributed by atoms with Crippen LogP contribution < -0.4 is 5.32 Å². The topological polar surface area (TPSA) is 64.6 Å². The van der Waals surface area contributed by atoms with Gasteiger partial charge in [0.25, 0.3) is 5.91 Å². The molecule has 1 fully saturated rings. The second kappa shape index (κ2) is 8.80. The van der Waals surface area contributed by atoms with Crippen LogP contribution in [0.5, 0.6) is 0 Å². The molecule has 6 heteroatoms. The first-order valence-corrected chi connectivity index (χ1v) is 8.42. The molecular formula is C16H21NO4S. The zero-order chi connectivity index (χ0) is 15.8. The molecule has 120 valence electrons. The number of amides is 1. The number of methoxy groups -OCH3 is 1. The van der Waals surface area contributed by atoms with Crippen LogP contribution in [-0.4, -0.2) is 49.7 Å². The van der Waals surface area contributed by atoms with Crippen molar-refractivity contribution in [2.24, 2.45) is 0 Å². The maximum absolute atomic E-state index is 12.2. The summed E-state index contributed by atoms with van der Waals surface area (Å²) in [6, 6.07) is 6.67. The van der Waals surface area contributed by atoms with Crippen molar-refractivity contribution in [3.05, 3.63) is 35.4 Å². The lowest BCUT2D eigenvalue weighted by Crippen LogP contribution is -2.28. The molecule has 1 N–H and O–H groups in total. The number of esters is 1. The van der Waals surface area contributed by atoms with Crippen LogP contribution in [0.15, 0.2) is 24.3 Å². The normalized spacial score (nSPS) is 15.3. The van der Waals surface area contributed by atoms with E-state index in [2.05, 4.69) is 5.32 Å². The summed E-state index contributed by atoms with van der Waals surface area (Å²) in [5, 5.41) is 3.48. The molecule has 0 unspecified atom stereocenters. The first kappa shape index (κ1) is 16.8. The van der Waals surface area contributed by atoms with E-state index in [-0.39, 0.29) is 5.91 Å². The van der Waals surface area contributed by atoms with Crippen molar-refractivity contribution in [3.8, 4) is 0 Å². The van der Waals surface area contributed by atoms with Gasteiger partial charge in [-0.3, -0.25) is 4.79 Å². The molecule has 0 aliphatic carbocycles. The van der Waals surface area contributed by atoms with E-state index in [4.69, 9.17) is 9.47 Å². The number of nitrogens with one attached hydrogen (secondary N) is 1. The van der Waals surface area contributed by atoms with E-state index in [1.807, 2.05) is 11.8 Å². The fourth-order valence-corrected chi connectivity index (χ4v) is 3.38. The molecule has 0 saturated carbocycles. The van der Waals surface area contributed by atoms with Gasteiger partial charge in [0.1, 0.15) is 0 Å². The van der Waals surface area contributed by atoms with Gasteiger partial charge < -0.3 is 14.8 Å². The number of carbonyl (C=O) groups is 2. The Morgan fingerprint density at radius 2 is 1.95 bits per heavy atom. The van der Waals surface area contributed by atoms with E-state index in [9.17, 15) is 9.59 Å². The van der Waals surface area contributed by atoms with Crippen molar-refractivity contribution in [1.82, 2.24) is 5.32 Å². The number of rotatable bonds is 6. The third kappa shape index (κ3) is 4.74. The summed E-state index contributed by atoms with van der Waals surface area (Å²) in [4.78, 5) is 23.8. The van der Waals surface area contributed by atoms with Gasteiger partial charge in [0.2, 0.25) is 0 Å². The van der Waals surface area contributed by atoms with Crippen LogP contribution in [0.2, 0.25) is 0 Å². The molecule has 0 radical (unpaired) electrons. The van der Waals surface area contributed by atoms with Crippen LogP contribution in [-0.2, 0) is 9.47 Å². The summed E-state index contributed by atoms with van der Waals surface area (Å²) in [5.74, 6) is 0.118. The second-order valence-corrected chi connectivity index (χ2v) is 6.38. The highest BCUT2D eigenvalue weighted by Crippen LogP contribution is 2.21. The Morgan fingerprint density at radius 1 is 1.27 bits per heavy atom. The van der Waals surface area contributed by atoms with Crippen molar-refractivity contribution in [2.75, 3.05) is 32.6 Å². The van der Waals surface area contributed by atoms with Gasteiger partial charge in [0, 0.05) is 30.8 Å². The molecule has 1 aromatic carbocycles. The van der Waals surface area contributed by atoms with Gasteiger partial charge in [0.15, 0.2) is 0 Å². The fourth-order valence-electron chi connectivity index (χ4n) is 2.30. The second-order valence-electron chi connectivity index (χ2n) is 4.98. The summed E-state index contributed by atoms with van der Waals surface area (Å²) >= 11 is 1.86. The Bertz CT molecular complexity index is 515. The van der Waals surface area contributed by atoms with E-state index in [1.165, 1.54) is 7.11 Å². The van der Waals surface area contributed by atoms with Crippen LogP contribution in [0, 0.1) is 0 Å². The average Bonchev–Trinajstić information content (AvgIpc) is 2.58. The fraction of sp³-hybridized carbons (Fsp3) is 0.500. The van der Waals surface area contributed by atoms with Crippen LogP contribution in [0.25, 0.3) is 0 Å². The summed E-state index contributed by atoms with van der Waals surface area (Å²) in [6.07, 6.45) is 2.15. The van der Waals surface area contributed by atoms with Gasteiger partial charge in [-0.25, -0.2) is 4.79 Å². The smallest absolute Gasteiger partial charge is 0.338 e.